The predicted molar refractivity (Wildman–Crippen MR) is 218 cm³/mol. The van der Waals surface area contributed by atoms with Crippen molar-refractivity contribution in [2.45, 2.75) is 92.6 Å². The molecule has 0 N–H and O–H groups in total. The lowest BCUT2D eigenvalue weighted by atomic mass is 9.68. The van der Waals surface area contributed by atoms with Gasteiger partial charge in [0.15, 0.2) is 23.0 Å². The number of fused-ring (bicyclic) bond motifs is 11. The lowest BCUT2D eigenvalue weighted by molar-refractivity contribution is 0.0714. The number of hydrogen-bond acceptors (Lipinski definition) is 6. The van der Waals surface area contributed by atoms with E-state index < -0.39 is 12.5 Å². The highest BCUT2D eigenvalue weighted by atomic mass is 16.6. The van der Waals surface area contributed by atoms with Crippen molar-refractivity contribution in [2.75, 3.05) is 33.0 Å². The Morgan fingerprint density at radius 3 is 1.96 bits per heavy atom. The number of hydrogen-bond donors (Lipinski definition) is 0. The highest BCUT2D eigenvalue weighted by Gasteiger charge is 2.53. The first-order valence-electron chi connectivity index (χ1n) is 20.6. The Balaban J connectivity index is 1.42. The maximum absolute atomic E-state index is 7.06. The molecule has 6 atom stereocenters. The summed E-state index contributed by atoms with van der Waals surface area (Å²) in [6, 6.07) is 22.8. The number of rotatable bonds is 12. The van der Waals surface area contributed by atoms with Gasteiger partial charge in [-0.05, 0) is 105 Å². The molecule has 4 aromatic carbocycles. The Labute approximate surface area is 323 Å². The summed E-state index contributed by atoms with van der Waals surface area (Å²) in [6.45, 7) is 21.0. The summed E-state index contributed by atoms with van der Waals surface area (Å²) < 4.78 is 39.5. The first-order valence-corrected chi connectivity index (χ1v) is 20.6. The first kappa shape index (κ1) is 37.0. The van der Waals surface area contributed by atoms with Crippen LogP contribution in [0.4, 0.5) is 0 Å². The van der Waals surface area contributed by atoms with Gasteiger partial charge in [0.25, 0.3) is 0 Å². The van der Waals surface area contributed by atoms with Crippen molar-refractivity contribution in [3.8, 4) is 45.3 Å². The Morgan fingerprint density at radius 1 is 0.685 bits per heavy atom. The number of ether oxygens (including phenoxy) is 4. The van der Waals surface area contributed by atoms with E-state index in [-0.39, 0.29) is 6.10 Å². The standard InChI is InChI=1S/C47H57BO6/c1-9-28(5)25-49-42-21-36-37-22-45-44(51-27-32(12-4)46(54-45)31(8)11-3)24-41(37)47(40(36)23-43(42)50-26-29(6)10-2)38-19-30(7)13-15-34(38)35-16-14-33(20-39(35)47)48-52-17-18-53-48/h13-16,19-24,28-29,31-32,46H,9-12,17-18,25-27H2,1-8H3. The van der Waals surface area contributed by atoms with Gasteiger partial charge in [-0.3, -0.25) is 0 Å². The van der Waals surface area contributed by atoms with Gasteiger partial charge in [0.05, 0.1) is 38.4 Å². The Hall–Kier alpha value is -3.94. The lowest BCUT2D eigenvalue weighted by Crippen LogP contribution is -2.34. The second-order valence-corrected chi connectivity index (χ2v) is 16.5. The van der Waals surface area contributed by atoms with Gasteiger partial charge in [0.2, 0.25) is 0 Å². The van der Waals surface area contributed by atoms with Gasteiger partial charge in [0, 0.05) is 5.92 Å². The molecule has 0 saturated carbocycles. The maximum Gasteiger partial charge on any atom is 0.494 e. The fourth-order valence-corrected chi connectivity index (χ4v) is 8.89. The van der Waals surface area contributed by atoms with Crippen molar-refractivity contribution in [3.63, 3.8) is 0 Å². The molecular weight excluding hydrogens is 671 g/mol. The molecule has 4 aliphatic rings. The smallest absolute Gasteiger partial charge is 0.489 e. The topological polar surface area (TPSA) is 55.4 Å². The molecule has 1 saturated heterocycles. The van der Waals surface area contributed by atoms with Gasteiger partial charge in [-0.25, -0.2) is 0 Å². The summed E-state index contributed by atoms with van der Waals surface area (Å²) in [5.74, 6) is 4.75. The normalized spacial score (nSPS) is 22.3. The largest absolute Gasteiger partial charge is 0.494 e. The minimum Gasteiger partial charge on any atom is -0.489 e. The third-order valence-electron chi connectivity index (χ3n) is 12.8. The van der Waals surface area contributed by atoms with Gasteiger partial charge < -0.3 is 28.3 Å². The highest BCUT2D eigenvalue weighted by Crippen LogP contribution is 2.65. The molecule has 6 nitrogen and oxygen atoms in total. The zero-order chi connectivity index (χ0) is 37.7. The fraction of sp³-hybridized carbons (Fsp3) is 0.489. The van der Waals surface area contributed by atoms with E-state index >= 15 is 0 Å². The van der Waals surface area contributed by atoms with Crippen LogP contribution in [0.15, 0.2) is 60.7 Å². The molecule has 2 heterocycles. The average Bonchev–Trinajstić information content (AvgIpc) is 3.86. The lowest BCUT2D eigenvalue weighted by Gasteiger charge is -2.32. The van der Waals surface area contributed by atoms with Crippen LogP contribution in [0.2, 0.25) is 0 Å². The first-order chi connectivity index (χ1) is 26.2. The van der Waals surface area contributed by atoms with Crippen LogP contribution in [-0.2, 0) is 14.7 Å². The molecule has 54 heavy (non-hydrogen) atoms. The fourth-order valence-electron chi connectivity index (χ4n) is 8.89. The molecule has 0 amide bonds. The molecular formula is C47H57BO6. The second-order valence-electron chi connectivity index (χ2n) is 16.5. The summed E-state index contributed by atoms with van der Waals surface area (Å²) in [5.41, 5.74) is 11.2. The summed E-state index contributed by atoms with van der Waals surface area (Å²) >= 11 is 0. The third-order valence-corrected chi connectivity index (χ3v) is 12.8. The van der Waals surface area contributed by atoms with Gasteiger partial charge in [0.1, 0.15) is 6.10 Å². The quantitative estimate of drug-likeness (QED) is 0.117. The molecule has 6 unspecified atom stereocenters. The second kappa shape index (κ2) is 15.0. The van der Waals surface area contributed by atoms with E-state index in [2.05, 4.69) is 116 Å². The molecule has 1 fully saturated rings. The van der Waals surface area contributed by atoms with Crippen LogP contribution in [0.1, 0.15) is 102 Å². The van der Waals surface area contributed by atoms with E-state index in [0.717, 1.165) is 65.3 Å². The van der Waals surface area contributed by atoms with Crippen molar-refractivity contribution < 1.29 is 28.3 Å². The van der Waals surface area contributed by atoms with E-state index in [1.807, 2.05) is 0 Å². The zero-order valence-electron chi connectivity index (χ0n) is 33.6. The number of aryl methyl sites for hydroxylation is 1. The van der Waals surface area contributed by atoms with Gasteiger partial charge >= 0.3 is 7.12 Å². The Kier molecular flexibility index (Phi) is 10.2. The van der Waals surface area contributed by atoms with E-state index in [4.69, 9.17) is 28.3 Å². The van der Waals surface area contributed by atoms with Crippen LogP contribution >= 0.6 is 0 Å². The molecule has 1 spiro atoms. The molecule has 2 aliphatic carbocycles. The summed E-state index contributed by atoms with van der Waals surface area (Å²) in [5, 5.41) is 0. The summed E-state index contributed by atoms with van der Waals surface area (Å²) in [6.07, 6.45) is 4.21. The van der Waals surface area contributed by atoms with E-state index in [1.165, 1.54) is 38.9 Å². The predicted octanol–water partition coefficient (Wildman–Crippen LogP) is 10.1. The Morgan fingerprint density at radius 2 is 1.30 bits per heavy atom. The minimum atomic E-state index is -0.648. The maximum atomic E-state index is 7.06. The van der Waals surface area contributed by atoms with Crippen LogP contribution in [0.25, 0.3) is 22.3 Å². The molecule has 0 aromatic heterocycles. The minimum absolute atomic E-state index is 0.0736. The zero-order valence-corrected chi connectivity index (χ0v) is 33.6. The van der Waals surface area contributed by atoms with Crippen molar-refractivity contribution in [2.24, 2.45) is 23.7 Å². The van der Waals surface area contributed by atoms with Crippen LogP contribution in [0.3, 0.4) is 0 Å². The summed E-state index contributed by atoms with van der Waals surface area (Å²) in [4.78, 5) is 0. The van der Waals surface area contributed by atoms with Crippen molar-refractivity contribution in [3.05, 3.63) is 88.5 Å². The van der Waals surface area contributed by atoms with Crippen molar-refractivity contribution in [1.29, 1.82) is 0 Å². The molecule has 2 aliphatic heterocycles. The molecule has 8 rings (SSSR count). The Bertz CT molecular complexity index is 2020. The van der Waals surface area contributed by atoms with Crippen molar-refractivity contribution in [1.82, 2.24) is 0 Å². The monoisotopic (exact) mass is 728 g/mol. The molecule has 7 heteroatoms. The van der Waals surface area contributed by atoms with Crippen LogP contribution in [0.5, 0.6) is 23.0 Å². The molecule has 0 radical (unpaired) electrons. The van der Waals surface area contributed by atoms with Crippen LogP contribution in [0, 0.1) is 30.6 Å². The highest BCUT2D eigenvalue weighted by molar-refractivity contribution is 6.61. The number of benzene rings is 4. The van der Waals surface area contributed by atoms with Gasteiger partial charge in [-0.1, -0.05) is 110 Å². The van der Waals surface area contributed by atoms with E-state index in [9.17, 15) is 0 Å². The van der Waals surface area contributed by atoms with Gasteiger partial charge in [-0.2, -0.15) is 0 Å². The van der Waals surface area contributed by atoms with Crippen LogP contribution < -0.4 is 24.4 Å². The molecule has 284 valence electrons. The van der Waals surface area contributed by atoms with Gasteiger partial charge in [-0.15, -0.1) is 0 Å². The average molecular weight is 729 g/mol. The summed E-state index contributed by atoms with van der Waals surface area (Å²) in [7, 11) is -0.392. The molecule has 0 bridgehead atoms. The van der Waals surface area contributed by atoms with E-state index in [1.54, 1.807) is 0 Å². The SMILES string of the molecule is CCC(C)COc1cc2c(cc1OCC(C)CC)C1(c3cc(C)ccc3-c3ccc(B4OCCO4)cc31)c1cc3c(cc1-2)OC(C(C)CC)C(CC)CO3. The van der Waals surface area contributed by atoms with Crippen molar-refractivity contribution >= 4 is 12.6 Å². The molecule has 4 aromatic rings. The van der Waals surface area contributed by atoms with E-state index in [0.29, 0.717) is 56.7 Å². The van der Waals surface area contributed by atoms with Crippen LogP contribution in [-0.4, -0.2) is 46.3 Å². The third kappa shape index (κ3) is 6.10.